The first-order chi connectivity index (χ1) is 11.0. The molecule has 1 N–H and O–H groups in total. The van der Waals surface area contributed by atoms with E-state index in [1.807, 2.05) is 26.0 Å². The first-order valence-corrected chi connectivity index (χ1v) is 9.26. The number of phenols is 1. The third-order valence-corrected chi connectivity index (χ3v) is 4.67. The second kappa shape index (κ2) is 7.82. The van der Waals surface area contributed by atoms with E-state index in [1.165, 1.54) is 0 Å². The molecule has 23 heavy (non-hydrogen) atoms. The Morgan fingerprint density at radius 3 is 2.17 bits per heavy atom. The summed E-state index contributed by atoms with van der Waals surface area (Å²) in [6, 6.07) is 8.82. The van der Waals surface area contributed by atoms with E-state index in [1.54, 1.807) is 25.1 Å². The molecule has 0 heterocycles. The fourth-order valence-corrected chi connectivity index (χ4v) is 3.65. The Balaban J connectivity index is 2.43. The van der Waals surface area contributed by atoms with Gasteiger partial charge in [0.05, 0.1) is 13.2 Å². The number of hydrogen-bond donors (Lipinski definition) is 1. The van der Waals surface area contributed by atoms with E-state index in [4.69, 9.17) is 13.6 Å². The zero-order valence-corrected chi connectivity index (χ0v) is 14.6. The van der Waals surface area contributed by atoms with Crippen molar-refractivity contribution in [2.45, 2.75) is 33.6 Å². The van der Waals surface area contributed by atoms with Gasteiger partial charge in [-0.25, -0.2) is 4.57 Å². The summed E-state index contributed by atoms with van der Waals surface area (Å²) in [5, 5.41) is 11.4. The van der Waals surface area contributed by atoms with Crippen LogP contribution in [-0.2, 0) is 13.6 Å². The van der Waals surface area contributed by atoms with Crippen molar-refractivity contribution >= 4 is 18.6 Å². The average molecular weight is 338 g/mol. The van der Waals surface area contributed by atoms with Gasteiger partial charge in [0.25, 0.3) is 0 Å². The largest absolute Gasteiger partial charge is 0.530 e. The molecule has 0 aliphatic heterocycles. The SMILES string of the molecule is CCCOP(=O)(OCCC)Oc1c(C)cc(O)c2ccccc12. The maximum absolute atomic E-state index is 12.9. The van der Waals surface area contributed by atoms with E-state index < -0.39 is 7.82 Å². The smallest absolute Gasteiger partial charge is 0.507 e. The molecule has 0 saturated heterocycles. The highest BCUT2D eigenvalue weighted by atomic mass is 31.2. The van der Waals surface area contributed by atoms with Crippen LogP contribution >= 0.6 is 7.82 Å². The Bertz CT molecular complexity index is 701. The van der Waals surface area contributed by atoms with Gasteiger partial charge in [-0.1, -0.05) is 38.1 Å². The van der Waals surface area contributed by atoms with Crippen LogP contribution in [0.1, 0.15) is 32.3 Å². The summed E-state index contributed by atoms with van der Waals surface area (Å²) in [6.07, 6.45) is 1.41. The Hall–Kier alpha value is -1.55. The van der Waals surface area contributed by atoms with Gasteiger partial charge < -0.3 is 9.63 Å². The zero-order chi connectivity index (χ0) is 16.9. The highest BCUT2D eigenvalue weighted by Gasteiger charge is 2.30. The minimum absolute atomic E-state index is 0.157. The van der Waals surface area contributed by atoms with Crippen molar-refractivity contribution in [2.24, 2.45) is 0 Å². The van der Waals surface area contributed by atoms with Crippen molar-refractivity contribution in [1.82, 2.24) is 0 Å². The van der Waals surface area contributed by atoms with Crippen LogP contribution in [0.5, 0.6) is 11.5 Å². The molecule has 2 rings (SSSR count). The molecule has 0 atom stereocenters. The lowest BCUT2D eigenvalue weighted by Gasteiger charge is -2.20. The van der Waals surface area contributed by atoms with Gasteiger partial charge in [0.15, 0.2) is 0 Å². The van der Waals surface area contributed by atoms with Crippen molar-refractivity contribution in [2.75, 3.05) is 13.2 Å². The number of phosphoric acid groups is 1. The summed E-state index contributed by atoms with van der Waals surface area (Å²) in [6.45, 7) is 6.20. The Morgan fingerprint density at radius 1 is 1.04 bits per heavy atom. The van der Waals surface area contributed by atoms with Crippen LogP contribution in [0.3, 0.4) is 0 Å². The second-order valence-electron chi connectivity index (χ2n) is 5.29. The van der Waals surface area contributed by atoms with Crippen LogP contribution in [0, 0.1) is 6.92 Å². The lowest BCUT2D eigenvalue weighted by molar-refractivity contribution is 0.156. The second-order valence-corrected chi connectivity index (χ2v) is 6.89. The van der Waals surface area contributed by atoms with Gasteiger partial charge in [-0.2, -0.15) is 0 Å². The third-order valence-electron chi connectivity index (χ3n) is 3.27. The lowest BCUT2D eigenvalue weighted by atomic mass is 10.1. The molecule has 0 spiro atoms. The highest BCUT2D eigenvalue weighted by Crippen LogP contribution is 2.52. The van der Waals surface area contributed by atoms with E-state index >= 15 is 0 Å². The van der Waals surface area contributed by atoms with Crippen molar-refractivity contribution in [3.8, 4) is 11.5 Å². The van der Waals surface area contributed by atoms with Gasteiger partial charge in [0.1, 0.15) is 11.5 Å². The Kier molecular flexibility index (Phi) is 6.05. The van der Waals surface area contributed by atoms with E-state index in [-0.39, 0.29) is 19.0 Å². The summed E-state index contributed by atoms with van der Waals surface area (Å²) < 4.78 is 29.3. The van der Waals surface area contributed by atoms with Gasteiger partial charge >= 0.3 is 7.82 Å². The molecule has 126 valence electrons. The number of hydrogen-bond acceptors (Lipinski definition) is 5. The fraction of sp³-hybridized carbons (Fsp3) is 0.412. The molecular formula is C17H23O5P. The topological polar surface area (TPSA) is 65.0 Å². The predicted molar refractivity (Wildman–Crippen MR) is 91.1 cm³/mol. The summed E-state index contributed by atoms with van der Waals surface area (Å²) in [4.78, 5) is 0. The van der Waals surface area contributed by atoms with Gasteiger partial charge in [-0.05, 0) is 31.4 Å². The van der Waals surface area contributed by atoms with Gasteiger partial charge in [-0.15, -0.1) is 0 Å². The van der Waals surface area contributed by atoms with E-state index in [2.05, 4.69) is 0 Å². The number of aryl methyl sites for hydroxylation is 1. The summed E-state index contributed by atoms with van der Waals surface area (Å²) in [5.41, 5.74) is 0.668. The van der Waals surface area contributed by atoms with Crippen molar-refractivity contribution < 1.29 is 23.2 Å². The molecule has 0 aliphatic rings. The van der Waals surface area contributed by atoms with Crippen molar-refractivity contribution in [3.63, 3.8) is 0 Å². The number of aromatic hydroxyl groups is 1. The van der Waals surface area contributed by atoms with Crippen LogP contribution in [-0.4, -0.2) is 18.3 Å². The number of phosphoric ester groups is 1. The van der Waals surface area contributed by atoms with E-state index in [0.29, 0.717) is 34.9 Å². The van der Waals surface area contributed by atoms with E-state index in [0.717, 1.165) is 0 Å². The maximum Gasteiger partial charge on any atom is 0.530 e. The molecule has 5 nitrogen and oxygen atoms in total. The van der Waals surface area contributed by atoms with Gasteiger partial charge in [0, 0.05) is 10.8 Å². The molecular weight excluding hydrogens is 315 g/mol. The van der Waals surface area contributed by atoms with Gasteiger partial charge in [0.2, 0.25) is 0 Å². The first kappa shape index (κ1) is 17.8. The molecule has 2 aromatic rings. The minimum Gasteiger partial charge on any atom is -0.507 e. The zero-order valence-electron chi connectivity index (χ0n) is 13.7. The maximum atomic E-state index is 12.9. The van der Waals surface area contributed by atoms with Crippen molar-refractivity contribution in [1.29, 1.82) is 0 Å². The molecule has 0 fully saturated rings. The lowest BCUT2D eigenvalue weighted by Crippen LogP contribution is -2.05. The van der Waals surface area contributed by atoms with Crippen molar-refractivity contribution in [3.05, 3.63) is 35.9 Å². The summed E-state index contributed by atoms with van der Waals surface area (Å²) >= 11 is 0. The average Bonchev–Trinajstić information content (AvgIpc) is 2.55. The number of phenolic OH excluding ortho intramolecular Hbond substituents is 1. The molecule has 0 saturated carbocycles. The third kappa shape index (κ3) is 4.25. The van der Waals surface area contributed by atoms with E-state index in [9.17, 15) is 9.67 Å². The monoisotopic (exact) mass is 338 g/mol. The highest BCUT2D eigenvalue weighted by molar-refractivity contribution is 7.49. The van der Waals surface area contributed by atoms with Crippen LogP contribution in [0.15, 0.2) is 30.3 Å². The van der Waals surface area contributed by atoms with Crippen LogP contribution in [0.4, 0.5) is 0 Å². The summed E-state index contributed by atoms with van der Waals surface area (Å²) in [5.74, 6) is 0.568. The normalized spacial score (nSPS) is 11.8. The number of benzene rings is 2. The summed E-state index contributed by atoms with van der Waals surface area (Å²) in [7, 11) is -3.70. The molecule has 2 aromatic carbocycles. The van der Waals surface area contributed by atoms with Crippen LogP contribution in [0.25, 0.3) is 10.8 Å². The predicted octanol–water partition coefficient (Wildman–Crippen LogP) is 5.19. The molecule has 0 aromatic heterocycles. The van der Waals surface area contributed by atoms with Crippen LogP contribution < -0.4 is 4.52 Å². The Morgan fingerprint density at radius 2 is 1.61 bits per heavy atom. The van der Waals surface area contributed by atoms with Gasteiger partial charge in [-0.3, -0.25) is 9.05 Å². The molecule has 0 amide bonds. The molecule has 0 unspecified atom stereocenters. The molecule has 0 radical (unpaired) electrons. The van der Waals surface area contributed by atoms with Crippen LogP contribution in [0.2, 0.25) is 0 Å². The fourth-order valence-electron chi connectivity index (χ4n) is 2.19. The Labute approximate surface area is 136 Å². The molecule has 0 aliphatic carbocycles. The standard InChI is InChI=1S/C17H23O5P/c1-4-10-20-23(19,21-11-5-2)22-17-13(3)12-16(18)14-8-6-7-9-15(14)17/h6-9,12,18H,4-5,10-11H2,1-3H3. The number of rotatable bonds is 8. The molecule has 6 heteroatoms. The first-order valence-electron chi connectivity index (χ1n) is 7.80. The molecule has 0 bridgehead atoms. The number of fused-ring (bicyclic) bond motifs is 1. The minimum atomic E-state index is -3.70. The quantitative estimate of drug-likeness (QED) is 0.671.